The molecule has 1 aromatic heterocycles. The Bertz CT molecular complexity index is 1960. The number of aromatic nitrogens is 2. The van der Waals surface area contributed by atoms with Gasteiger partial charge in [-0.2, -0.15) is 9.97 Å². The van der Waals surface area contributed by atoms with Gasteiger partial charge in [0.1, 0.15) is 22.7 Å². The number of hydrogen-bond acceptors (Lipinski definition) is 9. The summed E-state index contributed by atoms with van der Waals surface area (Å²) in [5.41, 5.74) is 1.23. The number of carbonyl (C=O) groups excluding carboxylic acids is 1. The van der Waals surface area contributed by atoms with E-state index in [1.807, 2.05) is 68.1 Å². The molecule has 1 saturated carbocycles. The zero-order chi connectivity index (χ0) is 36.1. The molecule has 3 aromatic carbocycles. The monoisotopic (exact) mass is 697 g/mol. The molecule has 3 fully saturated rings. The average Bonchev–Trinajstić information content (AvgIpc) is 3.79. The van der Waals surface area contributed by atoms with Crippen molar-refractivity contribution in [3.8, 4) is 22.9 Å². The van der Waals surface area contributed by atoms with Gasteiger partial charge in [0.25, 0.3) is 0 Å². The lowest BCUT2D eigenvalue weighted by molar-refractivity contribution is 0.0122. The molecule has 1 amide bonds. The zero-order valence-electron chi connectivity index (χ0n) is 30.5. The van der Waals surface area contributed by atoms with Crippen molar-refractivity contribution < 1.29 is 28.1 Å². The van der Waals surface area contributed by atoms with E-state index in [0.29, 0.717) is 53.3 Å². The Hall–Kier alpha value is -4.48. The van der Waals surface area contributed by atoms with Gasteiger partial charge in [-0.25, -0.2) is 9.18 Å². The summed E-state index contributed by atoms with van der Waals surface area (Å²) in [6, 6.07) is 13.5. The van der Waals surface area contributed by atoms with Crippen molar-refractivity contribution in [1.82, 2.24) is 19.8 Å². The van der Waals surface area contributed by atoms with Crippen molar-refractivity contribution in [3.63, 3.8) is 0 Å². The fourth-order valence-corrected chi connectivity index (χ4v) is 7.75. The number of halogens is 1. The predicted molar refractivity (Wildman–Crippen MR) is 198 cm³/mol. The van der Waals surface area contributed by atoms with E-state index in [0.717, 1.165) is 43.0 Å². The van der Waals surface area contributed by atoms with Gasteiger partial charge in [-0.05, 0) is 101 Å². The van der Waals surface area contributed by atoms with Crippen LogP contribution < -0.4 is 14.4 Å². The van der Waals surface area contributed by atoms with Gasteiger partial charge < -0.3 is 28.7 Å². The summed E-state index contributed by atoms with van der Waals surface area (Å²) in [5.74, 6) is 0.653. The third-order valence-electron chi connectivity index (χ3n) is 10.1. The molecular formula is C40H48FN5O5. The van der Waals surface area contributed by atoms with Crippen LogP contribution in [0.3, 0.4) is 0 Å². The number of rotatable bonds is 11. The first kappa shape index (κ1) is 34.9. The summed E-state index contributed by atoms with van der Waals surface area (Å²) < 4.78 is 40.6. The molecule has 4 aromatic rings. The molecule has 7 rings (SSSR count). The molecule has 11 heteroatoms. The van der Waals surface area contributed by atoms with Gasteiger partial charge in [0, 0.05) is 43.1 Å². The van der Waals surface area contributed by atoms with Crippen LogP contribution in [0.15, 0.2) is 49.0 Å². The van der Waals surface area contributed by atoms with Crippen molar-refractivity contribution in [3.05, 3.63) is 60.4 Å². The van der Waals surface area contributed by atoms with Crippen LogP contribution in [0.2, 0.25) is 0 Å². The van der Waals surface area contributed by atoms with Gasteiger partial charge in [-0.15, -0.1) is 0 Å². The average molecular weight is 698 g/mol. The Morgan fingerprint density at radius 1 is 1.06 bits per heavy atom. The maximum atomic E-state index is 17.4. The first-order chi connectivity index (χ1) is 24.4. The van der Waals surface area contributed by atoms with E-state index in [1.54, 1.807) is 13.2 Å². The molecule has 1 aliphatic carbocycles. The van der Waals surface area contributed by atoms with Gasteiger partial charge >= 0.3 is 12.1 Å². The van der Waals surface area contributed by atoms with Crippen LogP contribution in [0.25, 0.3) is 38.9 Å². The Morgan fingerprint density at radius 3 is 2.43 bits per heavy atom. The number of anilines is 1. The Balaban J connectivity index is 1.35. The lowest BCUT2D eigenvalue weighted by Gasteiger charge is -2.42. The molecule has 0 spiro atoms. The highest BCUT2D eigenvalue weighted by atomic mass is 19.1. The van der Waals surface area contributed by atoms with Gasteiger partial charge in [0.05, 0.1) is 18.7 Å². The minimum absolute atomic E-state index is 0.0259. The maximum Gasteiger partial charge on any atom is 0.410 e. The zero-order valence-corrected chi connectivity index (χ0v) is 30.5. The molecule has 270 valence electrons. The van der Waals surface area contributed by atoms with E-state index in [9.17, 15) is 4.79 Å². The summed E-state index contributed by atoms with van der Waals surface area (Å²) in [7, 11) is 5.68. The standard InChI is InChI=1S/C40H48FN5O5/c1-8-25-18-32-35(34(41)33(25)31-19-29(50-24-48-7)17-26-11-9-10-12-30(26)31)42-37(49-23-40(15-16-40)22-44(5)6)43-36(32)45-20-27-13-14-28(21-45)46(27)38(47)51-39(2,3)4/h8-12,17-19,27-28H,1,13-16,20-24H2,2-7H3. The van der Waals surface area contributed by atoms with Crippen LogP contribution in [0, 0.1) is 11.2 Å². The summed E-state index contributed by atoms with van der Waals surface area (Å²) >= 11 is 0. The van der Waals surface area contributed by atoms with E-state index >= 15 is 4.39 Å². The second-order valence-corrected chi connectivity index (χ2v) is 15.5. The van der Waals surface area contributed by atoms with Crippen LogP contribution in [-0.2, 0) is 9.47 Å². The minimum atomic E-state index is -0.592. The molecule has 51 heavy (non-hydrogen) atoms. The number of benzene rings is 3. The summed E-state index contributed by atoms with van der Waals surface area (Å²) in [6.45, 7) is 12.2. The maximum absolute atomic E-state index is 17.4. The van der Waals surface area contributed by atoms with Crippen LogP contribution in [-0.4, -0.2) is 97.8 Å². The number of carbonyl (C=O) groups is 1. The topological polar surface area (TPSA) is 89.5 Å². The first-order valence-corrected chi connectivity index (χ1v) is 17.7. The molecule has 3 aliphatic rings. The van der Waals surface area contributed by atoms with Crippen molar-refractivity contribution in [2.45, 2.75) is 64.1 Å². The van der Waals surface area contributed by atoms with E-state index in [2.05, 4.69) is 30.5 Å². The minimum Gasteiger partial charge on any atom is -0.468 e. The molecular weight excluding hydrogens is 649 g/mol. The highest BCUT2D eigenvalue weighted by Gasteiger charge is 2.46. The third kappa shape index (κ3) is 7.06. The highest BCUT2D eigenvalue weighted by Crippen LogP contribution is 2.47. The van der Waals surface area contributed by atoms with Crippen molar-refractivity contribution in [2.24, 2.45) is 5.41 Å². The number of amides is 1. The molecule has 2 aliphatic heterocycles. The second kappa shape index (κ2) is 13.6. The number of fused-ring (bicyclic) bond motifs is 4. The molecule has 3 heterocycles. The van der Waals surface area contributed by atoms with E-state index < -0.39 is 11.4 Å². The highest BCUT2D eigenvalue weighted by molar-refractivity contribution is 6.04. The largest absolute Gasteiger partial charge is 0.468 e. The van der Waals surface area contributed by atoms with Crippen LogP contribution in [0.4, 0.5) is 15.0 Å². The molecule has 2 atom stereocenters. The molecule has 2 saturated heterocycles. The third-order valence-corrected chi connectivity index (χ3v) is 10.1. The van der Waals surface area contributed by atoms with Gasteiger partial charge in [0.15, 0.2) is 12.6 Å². The summed E-state index contributed by atoms with van der Waals surface area (Å²) in [4.78, 5) is 29.3. The quantitative estimate of drug-likeness (QED) is 0.148. The smallest absolute Gasteiger partial charge is 0.410 e. The number of nitrogens with zero attached hydrogens (tertiary/aromatic N) is 5. The molecule has 0 N–H and O–H groups in total. The number of methoxy groups -OCH3 is 1. The van der Waals surface area contributed by atoms with Gasteiger partial charge in [0.2, 0.25) is 0 Å². The van der Waals surface area contributed by atoms with Gasteiger partial charge in [-0.3, -0.25) is 4.90 Å². The lowest BCUT2D eigenvalue weighted by Crippen LogP contribution is -2.57. The van der Waals surface area contributed by atoms with Crippen LogP contribution in [0.5, 0.6) is 11.8 Å². The summed E-state index contributed by atoms with van der Waals surface area (Å²) in [6.07, 6.45) is 5.19. The first-order valence-electron chi connectivity index (χ1n) is 17.7. The van der Waals surface area contributed by atoms with Crippen LogP contribution >= 0.6 is 0 Å². The Labute approximate surface area is 299 Å². The normalized spacial score (nSPS) is 19.5. The summed E-state index contributed by atoms with van der Waals surface area (Å²) in [5, 5.41) is 2.33. The Kier molecular flexibility index (Phi) is 9.30. The van der Waals surface area contributed by atoms with Gasteiger partial charge in [-0.1, -0.05) is 36.9 Å². The fourth-order valence-electron chi connectivity index (χ4n) is 7.75. The number of hydrogen-bond donors (Lipinski definition) is 0. The molecule has 0 radical (unpaired) electrons. The number of ether oxygens (including phenoxy) is 4. The molecule has 2 unspecified atom stereocenters. The lowest BCUT2D eigenvalue weighted by atomic mass is 9.92. The van der Waals surface area contributed by atoms with E-state index in [1.165, 1.54) is 0 Å². The SMILES string of the molecule is C=Cc1cc2c(N3CC4CCC(C3)N4C(=O)OC(C)(C)C)nc(OCC3(CN(C)C)CC3)nc2c(F)c1-c1cc(OCOC)cc2ccccc12. The molecule has 10 nitrogen and oxygen atoms in total. The predicted octanol–water partition coefficient (Wildman–Crippen LogP) is 7.52. The van der Waals surface area contributed by atoms with Crippen molar-refractivity contribution in [2.75, 3.05) is 59.1 Å². The number of piperazine rings is 1. The Morgan fingerprint density at radius 2 is 1.78 bits per heavy atom. The van der Waals surface area contributed by atoms with E-state index in [-0.39, 0.29) is 41.9 Å². The second-order valence-electron chi connectivity index (χ2n) is 15.5. The van der Waals surface area contributed by atoms with E-state index in [4.69, 9.17) is 28.9 Å². The fraction of sp³-hybridized carbons (Fsp3) is 0.475. The van der Waals surface area contributed by atoms with Crippen molar-refractivity contribution >= 4 is 39.7 Å². The van der Waals surface area contributed by atoms with Crippen molar-refractivity contribution in [1.29, 1.82) is 0 Å². The molecule has 2 bridgehead atoms. The van der Waals surface area contributed by atoms with Crippen LogP contribution in [0.1, 0.15) is 52.0 Å².